The Morgan fingerprint density at radius 1 is 1.14 bits per heavy atom. The summed E-state index contributed by atoms with van der Waals surface area (Å²) in [5, 5.41) is 11.8. The van der Waals surface area contributed by atoms with Crippen LogP contribution in [-0.2, 0) is 11.2 Å². The maximum atomic E-state index is 12.4. The molecule has 0 saturated carbocycles. The second-order valence-electron chi connectivity index (χ2n) is 5.69. The molecule has 2 aromatic rings. The molecule has 1 amide bonds. The average molecular weight is 278 g/mol. The van der Waals surface area contributed by atoms with Crippen molar-refractivity contribution in [2.24, 2.45) is 5.41 Å². The van der Waals surface area contributed by atoms with Crippen LogP contribution < -0.4 is 5.32 Å². The summed E-state index contributed by atoms with van der Waals surface area (Å²) in [4.78, 5) is 12.4. The van der Waals surface area contributed by atoms with E-state index in [2.05, 4.69) is 11.4 Å². The van der Waals surface area contributed by atoms with Crippen molar-refractivity contribution in [2.45, 2.75) is 20.3 Å². The third-order valence-corrected chi connectivity index (χ3v) is 3.35. The molecule has 2 rings (SSSR count). The predicted molar refractivity (Wildman–Crippen MR) is 83.7 cm³/mol. The number of rotatable bonds is 4. The highest BCUT2D eigenvalue weighted by Gasteiger charge is 2.27. The summed E-state index contributed by atoms with van der Waals surface area (Å²) in [5.41, 5.74) is 1.79. The Morgan fingerprint density at radius 3 is 2.52 bits per heavy atom. The quantitative estimate of drug-likeness (QED) is 0.925. The van der Waals surface area contributed by atoms with E-state index in [1.165, 1.54) is 0 Å². The second kappa shape index (κ2) is 6.23. The monoisotopic (exact) mass is 278 g/mol. The van der Waals surface area contributed by atoms with Crippen LogP contribution in [0.1, 0.15) is 25.0 Å². The average Bonchev–Trinajstić information content (AvgIpc) is 2.48. The van der Waals surface area contributed by atoms with Gasteiger partial charge in [0.2, 0.25) is 5.91 Å². The largest absolute Gasteiger partial charge is 0.326 e. The molecule has 3 nitrogen and oxygen atoms in total. The van der Waals surface area contributed by atoms with Gasteiger partial charge in [-0.05, 0) is 30.2 Å². The van der Waals surface area contributed by atoms with Crippen molar-refractivity contribution < 1.29 is 4.79 Å². The number of amides is 1. The number of carbonyl (C=O) groups is 1. The van der Waals surface area contributed by atoms with E-state index >= 15 is 0 Å². The minimum Gasteiger partial charge on any atom is -0.326 e. The van der Waals surface area contributed by atoms with E-state index in [0.29, 0.717) is 17.7 Å². The third kappa shape index (κ3) is 3.93. The normalized spacial score (nSPS) is 10.7. The van der Waals surface area contributed by atoms with E-state index < -0.39 is 5.41 Å². The number of carbonyl (C=O) groups excluding carboxylic acids is 1. The van der Waals surface area contributed by atoms with Gasteiger partial charge in [-0.15, -0.1) is 0 Å². The Bertz CT molecular complexity index is 669. The molecule has 1 N–H and O–H groups in total. The van der Waals surface area contributed by atoms with Crippen LogP contribution in [0.15, 0.2) is 54.6 Å². The number of nitrogens with zero attached hydrogens (tertiary/aromatic N) is 1. The van der Waals surface area contributed by atoms with Crippen LogP contribution >= 0.6 is 0 Å². The van der Waals surface area contributed by atoms with Gasteiger partial charge in [0.25, 0.3) is 0 Å². The molecule has 3 heteroatoms. The first-order valence-corrected chi connectivity index (χ1v) is 6.87. The van der Waals surface area contributed by atoms with E-state index in [9.17, 15) is 4.79 Å². The summed E-state index contributed by atoms with van der Waals surface area (Å²) in [7, 11) is 0. The molecule has 21 heavy (non-hydrogen) atoms. The number of hydrogen-bond acceptors (Lipinski definition) is 2. The smallest absolute Gasteiger partial charge is 0.230 e. The van der Waals surface area contributed by atoms with E-state index in [0.717, 1.165) is 5.56 Å². The number of benzene rings is 2. The van der Waals surface area contributed by atoms with Gasteiger partial charge < -0.3 is 5.32 Å². The molecule has 0 saturated heterocycles. The number of nitrogens with one attached hydrogen (secondary N) is 1. The molecule has 0 bridgehead atoms. The maximum absolute atomic E-state index is 12.4. The van der Waals surface area contributed by atoms with E-state index in [1.807, 2.05) is 44.2 Å². The molecule has 0 spiro atoms. The molecule has 0 atom stereocenters. The predicted octanol–water partition coefficient (Wildman–Crippen LogP) is 3.77. The lowest BCUT2D eigenvalue weighted by atomic mass is 9.84. The number of anilines is 1. The van der Waals surface area contributed by atoms with Crippen LogP contribution in [0.2, 0.25) is 0 Å². The van der Waals surface area contributed by atoms with Gasteiger partial charge >= 0.3 is 0 Å². The lowest BCUT2D eigenvalue weighted by molar-refractivity contribution is -0.123. The van der Waals surface area contributed by atoms with Crippen molar-refractivity contribution in [1.82, 2.24) is 0 Å². The summed E-state index contributed by atoms with van der Waals surface area (Å²) in [6, 6.07) is 19.0. The summed E-state index contributed by atoms with van der Waals surface area (Å²) >= 11 is 0. The van der Waals surface area contributed by atoms with Crippen molar-refractivity contribution in [3.63, 3.8) is 0 Å². The third-order valence-electron chi connectivity index (χ3n) is 3.35. The molecule has 0 aromatic heterocycles. The molecule has 0 aliphatic rings. The van der Waals surface area contributed by atoms with Gasteiger partial charge in [-0.1, -0.05) is 50.2 Å². The number of hydrogen-bond donors (Lipinski definition) is 1. The SMILES string of the molecule is CC(C)(Cc1ccccc1)C(=O)Nc1cccc(C#N)c1. The zero-order valence-corrected chi connectivity index (χ0v) is 12.3. The zero-order chi connectivity index (χ0) is 15.3. The van der Waals surface area contributed by atoms with Gasteiger partial charge in [0.1, 0.15) is 0 Å². The minimum absolute atomic E-state index is 0.0542. The van der Waals surface area contributed by atoms with E-state index in [-0.39, 0.29) is 5.91 Å². The molecule has 0 fully saturated rings. The highest BCUT2D eigenvalue weighted by molar-refractivity contribution is 5.95. The first-order chi connectivity index (χ1) is 10.0. The summed E-state index contributed by atoms with van der Waals surface area (Å²) in [6.07, 6.45) is 0.664. The lowest BCUT2D eigenvalue weighted by Gasteiger charge is -2.23. The molecule has 0 aliphatic heterocycles. The lowest BCUT2D eigenvalue weighted by Crippen LogP contribution is -2.32. The summed E-state index contributed by atoms with van der Waals surface area (Å²) in [6.45, 7) is 3.84. The van der Waals surface area contributed by atoms with Crippen molar-refractivity contribution in [2.75, 3.05) is 5.32 Å². The van der Waals surface area contributed by atoms with Crippen LogP contribution in [0.4, 0.5) is 5.69 Å². The first-order valence-electron chi connectivity index (χ1n) is 6.87. The highest BCUT2D eigenvalue weighted by atomic mass is 16.2. The van der Waals surface area contributed by atoms with Crippen LogP contribution in [0.25, 0.3) is 0 Å². The van der Waals surface area contributed by atoms with Gasteiger partial charge in [-0.25, -0.2) is 0 Å². The Kier molecular flexibility index (Phi) is 4.39. The molecule has 106 valence electrons. The molecular formula is C18H18N2O. The highest BCUT2D eigenvalue weighted by Crippen LogP contribution is 2.24. The van der Waals surface area contributed by atoms with Gasteiger partial charge in [0, 0.05) is 11.1 Å². The van der Waals surface area contributed by atoms with E-state index in [1.54, 1.807) is 24.3 Å². The van der Waals surface area contributed by atoms with Crippen molar-refractivity contribution in [3.05, 3.63) is 65.7 Å². The fourth-order valence-electron chi connectivity index (χ4n) is 2.15. The summed E-state index contributed by atoms with van der Waals surface area (Å²) < 4.78 is 0. The minimum atomic E-state index is -0.524. The molecule has 0 unspecified atom stereocenters. The van der Waals surface area contributed by atoms with E-state index in [4.69, 9.17) is 5.26 Å². The van der Waals surface area contributed by atoms with Crippen LogP contribution in [0, 0.1) is 16.7 Å². The van der Waals surface area contributed by atoms with Gasteiger partial charge in [-0.2, -0.15) is 5.26 Å². The van der Waals surface area contributed by atoms with Crippen LogP contribution in [0.5, 0.6) is 0 Å². The second-order valence-corrected chi connectivity index (χ2v) is 5.69. The molecule has 0 heterocycles. The Balaban J connectivity index is 2.09. The molecule has 0 radical (unpaired) electrons. The topological polar surface area (TPSA) is 52.9 Å². The number of nitriles is 1. The zero-order valence-electron chi connectivity index (χ0n) is 12.3. The molecule has 0 aliphatic carbocycles. The fraction of sp³-hybridized carbons (Fsp3) is 0.222. The van der Waals surface area contributed by atoms with Crippen molar-refractivity contribution in [3.8, 4) is 6.07 Å². The Hall–Kier alpha value is -2.60. The van der Waals surface area contributed by atoms with Gasteiger partial charge in [0.15, 0.2) is 0 Å². The van der Waals surface area contributed by atoms with Gasteiger partial charge in [-0.3, -0.25) is 4.79 Å². The van der Waals surface area contributed by atoms with Crippen molar-refractivity contribution in [1.29, 1.82) is 5.26 Å². The fourth-order valence-corrected chi connectivity index (χ4v) is 2.15. The Morgan fingerprint density at radius 2 is 1.86 bits per heavy atom. The van der Waals surface area contributed by atoms with Crippen molar-refractivity contribution >= 4 is 11.6 Å². The van der Waals surface area contributed by atoms with Gasteiger partial charge in [0.05, 0.1) is 11.6 Å². The standard InChI is InChI=1S/C18H18N2O/c1-18(2,12-14-7-4-3-5-8-14)17(21)20-16-10-6-9-15(11-16)13-19/h3-11H,12H2,1-2H3,(H,20,21). The Labute approximate surface area is 125 Å². The van der Waals surface area contributed by atoms with Crippen LogP contribution in [0.3, 0.4) is 0 Å². The van der Waals surface area contributed by atoms with Crippen LogP contribution in [-0.4, -0.2) is 5.91 Å². The maximum Gasteiger partial charge on any atom is 0.230 e. The summed E-state index contributed by atoms with van der Waals surface area (Å²) in [5.74, 6) is -0.0542. The molecular weight excluding hydrogens is 260 g/mol. The molecule has 2 aromatic carbocycles. The first kappa shape index (κ1) is 14.8.